The maximum atomic E-state index is 13.3. The van der Waals surface area contributed by atoms with E-state index in [0.29, 0.717) is 6.42 Å². The van der Waals surface area contributed by atoms with E-state index < -0.39 is 89.7 Å². The van der Waals surface area contributed by atoms with E-state index in [1.165, 1.54) is 0 Å². The van der Waals surface area contributed by atoms with E-state index in [-0.39, 0.29) is 31.7 Å². The molecule has 2 rings (SSSR count). The molecule has 11 N–H and O–H groups in total. The van der Waals surface area contributed by atoms with E-state index in [0.717, 1.165) is 0 Å². The van der Waals surface area contributed by atoms with Crippen LogP contribution in [0.15, 0.2) is 0 Å². The summed E-state index contributed by atoms with van der Waals surface area (Å²) in [5.74, 6) is -8.44. The van der Waals surface area contributed by atoms with Gasteiger partial charge in [-0.05, 0) is 18.8 Å². The van der Waals surface area contributed by atoms with Gasteiger partial charge in [-0.1, -0.05) is 20.3 Å². The third kappa shape index (κ3) is 8.12. The van der Waals surface area contributed by atoms with Crippen molar-refractivity contribution < 1.29 is 38.4 Å². The molecule has 1 unspecified atom stereocenters. The van der Waals surface area contributed by atoms with Crippen molar-refractivity contribution in [2.45, 2.75) is 76.0 Å². The Labute approximate surface area is 224 Å². The largest absolute Gasteiger partial charge is 0.370 e. The summed E-state index contributed by atoms with van der Waals surface area (Å²) in [7, 11) is 0. The maximum Gasteiger partial charge on any atom is 0.247 e. The van der Waals surface area contributed by atoms with Crippen LogP contribution in [0.25, 0.3) is 0 Å². The molecule has 1 aliphatic heterocycles. The first-order valence-electron chi connectivity index (χ1n) is 12.6. The van der Waals surface area contributed by atoms with Crippen LogP contribution in [0.2, 0.25) is 0 Å². The Kier molecular flexibility index (Phi) is 10.3. The predicted octanol–water partition coefficient (Wildman–Crippen LogP) is -4.49. The molecule has 8 amide bonds. The van der Waals surface area contributed by atoms with Crippen LogP contribution in [0.5, 0.6) is 0 Å². The third-order valence-electron chi connectivity index (χ3n) is 6.81. The van der Waals surface area contributed by atoms with Crippen LogP contribution >= 0.6 is 0 Å². The van der Waals surface area contributed by atoms with Gasteiger partial charge in [0, 0.05) is 13.0 Å². The number of rotatable bonds is 7. The lowest BCUT2D eigenvalue weighted by Gasteiger charge is -2.27. The number of hydrogen-bond donors (Lipinski definition) is 8. The average molecular weight is 553 g/mol. The number of hydrogen-bond acceptors (Lipinski definition) is 8. The molecule has 1 saturated heterocycles. The molecule has 0 aromatic heterocycles. The predicted molar refractivity (Wildman–Crippen MR) is 133 cm³/mol. The molecule has 0 aromatic carbocycles. The smallest absolute Gasteiger partial charge is 0.247 e. The molecule has 0 bridgehead atoms. The number of nitrogens with one attached hydrogen (secondary N) is 5. The minimum atomic E-state index is -1.92. The van der Waals surface area contributed by atoms with E-state index in [4.69, 9.17) is 17.2 Å². The van der Waals surface area contributed by atoms with Gasteiger partial charge < -0.3 is 43.8 Å². The van der Waals surface area contributed by atoms with Gasteiger partial charge in [-0.3, -0.25) is 38.4 Å². The second kappa shape index (κ2) is 13.0. The highest BCUT2D eigenvalue weighted by Crippen LogP contribution is 2.43. The summed E-state index contributed by atoms with van der Waals surface area (Å²) in [5, 5.41) is 12.2. The summed E-state index contributed by atoms with van der Waals surface area (Å²) in [5.41, 5.74) is 14.0. The fourth-order valence-electron chi connectivity index (χ4n) is 4.26. The summed E-state index contributed by atoms with van der Waals surface area (Å²) >= 11 is 0. The first kappa shape index (κ1) is 31.0. The van der Waals surface area contributed by atoms with Crippen LogP contribution < -0.4 is 43.8 Å². The molecule has 2 fully saturated rings. The quantitative estimate of drug-likeness (QED) is 0.152. The number of nitrogens with two attached hydrogens (primary N) is 3. The van der Waals surface area contributed by atoms with Crippen molar-refractivity contribution in [3.05, 3.63) is 0 Å². The van der Waals surface area contributed by atoms with E-state index in [2.05, 4.69) is 26.6 Å². The minimum Gasteiger partial charge on any atom is -0.370 e. The fourth-order valence-corrected chi connectivity index (χ4v) is 4.26. The summed E-state index contributed by atoms with van der Waals surface area (Å²) in [6, 6.07) is -4.11. The van der Waals surface area contributed by atoms with Gasteiger partial charge in [0.05, 0.1) is 18.8 Å². The summed E-state index contributed by atoms with van der Waals surface area (Å²) in [6.07, 6.45) is -0.951. The van der Waals surface area contributed by atoms with Crippen LogP contribution in [-0.4, -0.2) is 77.5 Å². The SMILES string of the molecule is CC[C@@H](C)[C@@H]1NC(=O)CCCNC(=O)[C@H](CC(N)=O)NC(=O)[C@]2(CC2C(N)=O)NC(=O)[C@H](CC(N)=O)NC1=O. The van der Waals surface area contributed by atoms with E-state index in [9.17, 15) is 38.4 Å². The highest BCUT2D eigenvalue weighted by molar-refractivity contribution is 6.05. The Bertz CT molecular complexity index is 1050. The molecule has 39 heavy (non-hydrogen) atoms. The van der Waals surface area contributed by atoms with Crippen LogP contribution in [0.1, 0.15) is 52.4 Å². The van der Waals surface area contributed by atoms with Crippen molar-refractivity contribution in [1.82, 2.24) is 26.6 Å². The van der Waals surface area contributed by atoms with Crippen molar-refractivity contribution in [2.24, 2.45) is 29.0 Å². The monoisotopic (exact) mass is 552 g/mol. The maximum absolute atomic E-state index is 13.3. The lowest BCUT2D eigenvalue weighted by Crippen LogP contribution is -2.61. The van der Waals surface area contributed by atoms with Crippen LogP contribution in [0.3, 0.4) is 0 Å². The molecule has 1 saturated carbocycles. The molecule has 0 aromatic rings. The highest BCUT2D eigenvalue weighted by Gasteiger charge is 2.65. The number of primary amides is 3. The molecular weight excluding hydrogens is 516 g/mol. The van der Waals surface area contributed by atoms with E-state index in [1.54, 1.807) is 13.8 Å². The normalized spacial score (nSPS) is 29.5. The summed E-state index contributed by atoms with van der Waals surface area (Å²) < 4.78 is 0. The Morgan fingerprint density at radius 3 is 2.00 bits per heavy atom. The fraction of sp³-hybridized carbons (Fsp3) is 0.652. The van der Waals surface area contributed by atoms with Crippen molar-refractivity contribution in [1.29, 1.82) is 0 Å². The topological polar surface area (TPSA) is 275 Å². The minimum absolute atomic E-state index is 0.00987. The van der Waals surface area contributed by atoms with Gasteiger partial charge in [-0.2, -0.15) is 0 Å². The molecule has 1 heterocycles. The molecule has 216 valence electrons. The molecule has 16 nitrogen and oxygen atoms in total. The lowest BCUT2D eigenvalue weighted by molar-refractivity contribution is -0.137. The van der Waals surface area contributed by atoms with Gasteiger partial charge in [0.25, 0.3) is 0 Å². The molecular formula is C23H36N8O8. The van der Waals surface area contributed by atoms with Gasteiger partial charge in [0.2, 0.25) is 47.3 Å². The van der Waals surface area contributed by atoms with Gasteiger partial charge in [-0.15, -0.1) is 0 Å². The summed E-state index contributed by atoms with van der Waals surface area (Å²) in [6.45, 7) is 3.48. The zero-order valence-corrected chi connectivity index (χ0v) is 21.8. The molecule has 2 aliphatic rings. The lowest BCUT2D eigenvalue weighted by atomic mass is 9.97. The highest BCUT2D eigenvalue weighted by atomic mass is 16.2. The van der Waals surface area contributed by atoms with E-state index in [1.807, 2.05) is 0 Å². The molecule has 16 heteroatoms. The second-order valence-electron chi connectivity index (χ2n) is 9.87. The van der Waals surface area contributed by atoms with Gasteiger partial charge in [0.1, 0.15) is 23.7 Å². The van der Waals surface area contributed by atoms with Crippen LogP contribution in [-0.2, 0) is 38.4 Å². The molecule has 0 radical (unpaired) electrons. The van der Waals surface area contributed by atoms with Gasteiger partial charge in [-0.25, -0.2) is 0 Å². The standard InChI is InChI=1S/C23H36N8O8/c1-3-10(2)17-21(38)28-13(8-15(25)33)20(37)31-23(9-11(23)18(26)35)22(39)29-12(7-14(24)32)19(36)27-6-4-5-16(34)30-17/h10-13,17H,3-9H2,1-2H3,(H2,24,32)(H2,25,33)(H2,26,35)(H,27,36)(H,28,38)(H,29,39)(H,30,34)(H,31,37)/t10-,11?,12+,13+,17+,23-/m1/s1. The first-order chi connectivity index (χ1) is 18.2. The average Bonchev–Trinajstić information content (AvgIpc) is 3.58. The summed E-state index contributed by atoms with van der Waals surface area (Å²) in [4.78, 5) is 100. The Hall–Kier alpha value is -4.24. The molecule has 1 spiro atoms. The van der Waals surface area contributed by atoms with Crippen molar-refractivity contribution in [2.75, 3.05) is 6.54 Å². The van der Waals surface area contributed by atoms with Crippen molar-refractivity contribution in [3.63, 3.8) is 0 Å². The van der Waals surface area contributed by atoms with E-state index >= 15 is 0 Å². The Morgan fingerprint density at radius 1 is 0.897 bits per heavy atom. The zero-order chi connectivity index (χ0) is 29.5. The second-order valence-corrected chi connectivity index (χ2v) is 9.87. The van der Waals surface area contributed by atoms with Crippen molar-refractivity contribution >= 4 is 47.3 Å². The Balaban J connectivity index is 2.48. The molecule has 6 atom stereocenters. The number of amides is 8. The Morgan fingerprint density at radius 2 is 1.49 bits per heavy atom. The van der Waals surface area contributed by atoms with Crippen LogP contribution in [0, 0.1) is 11.8 Å². The number of carbonyl (C=O) groups is 8. The number of carbonyl (C=O) groups excluding carboxylic acids is 8. The van der Waals surface area contributed by atoms with Crippen LogP contribution in [0.4, 0.5) is 0 Å². The van der Waals surface area contributed by atoms with Gasteiger partial charge >= 0.3 is 0 Å². The van der Waals surface area contributed by atoms with Crippen molar-refractivity contribution in [3.8, 4) is 0 Å². The molecule has 1 aliphatic carbocycles. The third-order valence-corrected chi connectivity index (χ3v) is 6.81. The first-order valence-corrected chi connectivity index (χ1v) is 12.6. The van der Waals surface area contributed by atoms with Gasteiger partial charge in [0.15, 0.2) is 0 Å². The zero-order valence-electron chi connectivity index (χ0n) is 21.8.